The van der Waals surface area contributed by atoms with Crippen LogP contribution >= 0.6 is 0 Å². The molecule has 0 saturated heterocycles. The topological polar surface area (TPSA) is 36.3 Å². The Bertz CT molecular complexity index is 844. The van der Waals surface area contributed by atoms with Crippen LogP contribution in [-0.2, 0) is 6.54 Å². The SMILES string of the molecule is CC(C)=C[C@H]1[C@@H](CN(C#N)Cc2cccc(Oc3ccccc3)c2)C1(C)C. The van der Waals surface area contributed by atoms with Gasteiger partial charge in [-0.1, -0.05) is 55.8 Å². The lowest BCUT2D eigenvalue weighted by atomic mass is 10.1. The summed E-state index contributed by atoms with van der Waals surface area (Å²) in [7, 11) is 0. The van der Waals surface area contributed by atoms with E-state index in [1.54, 1.807) is 0 Å². The van der Waals surface area contributed by atoms with E-state index >= 15 is 0 Å². The number of nitriles is 1. The summed E-state index contributed by atoms with van der Waals surface area (Å²) < 4.78 is 5.91. The molecule has 1 aliphatic carbocycles. The van der Waals surface area contributed by atoms with Crippen LogP contribution in [0.15, 0.2) is 66.2 Å². The monoisotopic (exact) mass is 360 g/mol. The first-order valence-corrected chi connectivity index (χ1v) is 9.51. The summed E-state index contributed by atoms with van der Waals surface area (Å²) in [5.41, 5.74) is 2.71. The third-order valence-electron chi connectivity index (χ3n) is 5.46. The van der Waals surface area contributed by atoms with E-state index in [2.05, 4.69) is 40.0 Å². The van der Waals surface area contributed by atoms with Crippen molar-refractivity contribution < 1.29 is 4.74 Å². The van der Waals surface area contributed by atoms with Crippen molar-refractivity contribution in [1.29, 1.82) is 5.26 Å². The van der Waals surface area contributed by atoms with Crippen LogP contribution in [0.5, 0.6) is 11.5 Å². The van der Waals surface area contributed by atoms with Crippen molar-refractivity contribution in [2.24, 2.45) is 17.3 Å². The minimum absolute atomic E-state index is 0.268. The molecule has 0 heterocycles. The Balaban J connectivity index is 1.64. The van der Waals surface area contributed by atoms with Crippen molar-refractivity contribution in [3.63, 3.8) is 0 Å². The molecule has 1 aliphatic rings. The maximum Gasteiger partial charge on any atom is 0.179 e. The smallest absolute Gasteiger partial charge is 0.179 e. The van der Waals surface area contributed by atoms with E-state index < -0.39 is 0 Å². The van der Waals surface area contributed by atoms with E-state index in [1.807, 2.05) is 59.5 Å². The Morgan fingerprint density at radius 2 is 1.81 bits per heavy atom. The molecule has 1 fully saturated rings. The zero-order valence-electron chi connectivity index (χ0n) is 16.6. The highest BCUT2D eigenvalue weighted by atomic mass is 16.5. The highest BCUT2D eigenvalue weighted by Gasteiger charge is 2.56. The van der Waals surface area contributed by atoms with Crippen LogP contribution in [0.1, 0.15) is 33.3 Å². The molecule has 2 aromatic rings. The van der Waals surface area contributed by atoms with Gasteiger partial charge in [-0.05, 0) is 60.9 Å². The lowest BCUT2D eigenvalue weighted by Crippen LogP contribution is -2.21. The van der Waals surface area contributed by atoms with E-state index in [4.69, 9.17) is 4.74 Å². The fraction of sp³-hybridized carbons (Fsp3) is 0.375. The van der Waals surface area contributed by atoms with Crippen LogP contribution in [-0.4, -0.2) is 11.4 Å². The third-order valence-corrected chi connectivity index (χ3v) is 5.46. The molecule has 27 heavy (non-hydrogen) atoms. The van der Waals surface area contributed by atoms with Crippen LogP contribution in [0, 0.1) is 28.7 Å². The Hall–Kier alpha value is -2.73. The number of benzene rings is 2. The molecule has 2 aromatic carbocycles. The van der Waals surface area contributed by atoms with Crippen LogP contribution in [0.3, 0.4) is 0 Å². The van der Waals surface area contributed by atoms with E-state index in [1.165, 1.54) is 5.57 Å². The van der Waals surface area contributed by atoms with E-state index in [0.717, 1.165) is 23.6 Å². The first kappa shape index (κ1) is 19.0. The summed E-state index contributed by atoms with van der Waals surface area (Å²) >= 11 is 0. The molecule has 3 rings (SSSR count). The van der Waals surface area contributed by atoms with Gasteiger partial charge in [0.1, 0.15) is 11.5 Å². The first-order valence-electron chi connectivity index (χ1n) is 9.51. The first-order chi connectivity index (χ1) is 12.9. The molecule has 140 valence electrons. The van der Waals surface area contributed by atoms with Gasteiger partial charge in [-0.2, -0.15) is 5.26 Å². The molecule has 0 bridgehead atoms. The second-order valence-corrected chi connectivity index (χ2v) is 8.24. The number of hydrogen-bond donors (Lipinski definition) is 0. The van der Waals surface area contributed by atoms with E-state index in [0.29, 0.717) is 18.4 Å². The normalized spacial score (nSPS) is 19.7. The average Bonchev–Trinajstić information content (AvgIpc) is 3.13. The van der Waals surface area contributed by atoms with Crippen molar-refractivity contribution in [1.82, 2.24) is 4.90 Å². The van der Waals surface area contributed by atoms with Gasteiger partial charge in [-0.15, -0.1) is 0 Å². The second kappa shape index (κ2) is 7.88. The number of ether oxygens (including phenoxy) is 1. The van der Waals surface area contributed by atoms with Gasteiger partial charge < -0.3 is 9.64 Å². The van der Waals surface area contributed by atoms with E-state index in [-0.39, 0.29) is 5.41 Å². The van der Waals surface area contributed by atoms with Gasteiger partial charge in [-0.25, -0.2) is 0 Å². The van der Waals surface area contributed by atoms with Gasteiger partial charge >= 0.3 is 0 Å². The predicted octanol–water partition coefficient (Wildman–Crippen LogP) is 6.00. The summed E-state index contributed by atoms with van der Waals surface area (Å²) in [6, 6.07) is 17.7. The number of allylic oxidation sites excluding steroid dienone is 2. The van der Waals surface area contributed by atoms with Crippen molar-refractivity contribution in [2.75, 3.05) is 6.54 Å². The largest absolute Gasteiger partial charge is 0.457 e. The summed E-state index contributed by atoms with van der Waals surface area (Å²) in [6.07, 6.45) is 4.73. The van der Waals surface area contributed by atoms with Gasteiger partial charge in [-0.3, -0.25) is 0 Å². The molecule has 0 radical (unpaired) electrons. The number of rotatable bonds is 7. The second-order valence-electron chi connectivity index (χ2n) is 8.24. The quantitative estimate of drug-likeness (QED) is 0.345. The highest BCUT2D eigenvalue weighted by molar-refractivity contribution is 5.34. The van der Waals surface area contributed by atoms with Crippen molar-refractivity contribution in [3.05, 3.63) is 71.8 Å². The summed E-state index contributed by atoms with van der Waals surface area (Å²) in [5.74, 6) is 2.70. The van der Waals surface area contributed by atoms with Gasteiger partial charge in [0.15, 0.2) is 6.19 Å². The number of nitrogens with zero attached hydrogens (tertiary/aromatic N) is 2. The van der Waals surface area contributed by atoms with Crippen LogP contribution in [0.2, 0.25) is 0 Å². The molecule has 1 saturated carbocycles. The third kappa shape index (κ3) is 4.71. The lowest BCUT2D eigenvalue weighted by Gasteiger charge is -2.17. The molecule has 0 unspecified atom stereocenters. The van der Waals surface area contributed by atoms with Crippen LogP contribution < -0.4 is 4.74 Å². The number of hydrogen-bond acceptors (Lipinski definition) is 3. The molecule has 3 heteroatoms. The maximum atomic E-state index is 9.64. The highest BCUT2D eigenvalue weighted by Crippen LogP contribution is 2.59. The van der Waals surface area contributed by atoms with Crippen LogP contribution in [0.4, 0.5) is 0 Å². The van der Waals surface area contributed by atoms with Crippen molar-refractivity contribution in [3.8, 4) is 17.7 Å². The Labute approximate surface area is 162 Å². The Kier molecular flexibility index (Phi) is 5.56. The number of para-hydroxylation sites is 1. The fourth-order valence-corrected chi connectivity index (χ4v) is 3.76. The fourth-order valence-electron chi connectivity index (χ4n) is 3.76. The molecule has 0 amide bonds. The van der Waals surface area contributed by atoms with Crippen LogP contribution in [0.25, 0.3) is 0 Å². The summed E-state index contributed by atoms with van der Waals surface area (Å²) in [5, 5.41) is 9.64. The molecule has 0 aliphatic heterocycles. The molecule has 0 aromatic heterocycles. The zero-order valence-corrected chi connectivity index (χ0v) is 16.6. The van der Waals surface area contributed by atoms with Crippen molar-refractivity contribution in [2.45, 2.75) is 34.2 Å². The molecular formula is C24H28N2O. The lowest BCUT2D eigenvalue weighted by molar-refractivity contribution is 0.342. The van der Waals surface area contributed by atoms with Gasteiger partial charge in [0.25, 0.3) is 0 Å². The van der Waals surface area contributed by atoms with Gasteiger partial charge in [0.2, 0.25) is 0 Å². The standard InChI is InChI=1S/C24H28N2O/c1-18(2)13-22-23(24(22,3)4)16-26(17-25)15-19-9-8-12-21(14-19)27-20-10-6-5-7-11-20/h5-14,22-23H,15-16H2,1-4H3/t22-,23+/m0/s1. The minimum Gasteiger partial charge on any atom is -0.457 e. The summed E-state index contributed by atoms with van der Waals surface area (Å²) in [6.45, 7) is 10.3. The summed E-state index contributed by atoms with van der Waals surface area (Å²) in [4.78, 5) is 1.87. The maximum absolute atomic E-state index is 9.64. The van der Waals surface area contributed by atoms with Crippen molar-refractivity contribution >= 4 is 0 Å². The van der Waals surface area contributed by atoms with Gasteiger partial charge in [0, 0.05) is 6.54 Å². The van der Waals surface area contributed by atoms with Gasteiger partial charge in [0.05, 0.1) is 6.54 Å². The molecule has 0 N–H and O–H groups in total. The zero-order chi connectivity index (χ0) is 19.4. The molecule has 0 spiro atoms. The van der Waals surface area contributed by atoms with E-state index in [9.17, 15) is 5.26 Å². The molecule has 3 nitrogen and oxygen atoms in total. The predicted molar refractivity (Wildman–Crippen MR) is 109 cm³/mol. The molecule has 2 atom stereocenters. The Morgan fingerprint density at radius 1 is 1.11 bits per heavy atom. The average molecular weight is 361 g/mol. The minimum atomic E-state index is 0.268. The molecular weight excluding hydrogens is 332 g/mol. The Morgan fingerprint density at radius 3 is 2.48 bits per heavy atom.